The summed E-state index contributed by atoms with van der Waals surface area (Å²) >= 11 is 0. The fourth-order valence-corrected chi connectivity index (χ4v) is 3.07. The summed E-state index contributed by atoms with van der Waals surface area (Å²) in [4.78, 5) is 14.3. The Labute approximate surface area is 130 Å². The van der Waals surface area contributed by atoms with Gasteiger partial charge in [-0.3, -0.25) is 0 Å². The summed E-state index contributed by atoms with van der Waals surface area (Å²) in [7, 11) is 1.30. The highest BCUT2D eigenvalue weighted by Crippen LogP contribution is 2.22. The Balaban J connectivity index is 2.22. The van der Waals surface area contributed by atoms with E-state index in [9.17, 15) is 8.42 Å². The van der Waals surface area contributed by atoms with Gasteiger partial charge in [-0.25, -0.2) is 12.7 Å². The summed E-state index contributed by atoms with van der Waals surface area (Å²) < 4.78 is 34.9. The SMILES string of the molecule is COc1nc(OC)nc(N2CCCC(N(C)S(C)(=O)=O)C2)n1. The zero-order valence-electron chi connectivity index (χ0n) is 13.2. The molecule has 1 aliphatic heterocycles. The second-order valence-electron chi connectivity index (χ2n) is 5.13. The first-order valence-corrected chi connectivity index (χ1v) is 8.72. The van der Waals surface area contributed by atoms with E-state index in [1.807, 2.05) is 4.90 Å². The second kappa shape index (κ2) is 6.61. The minimum Gasteiger partial charge on any atom is -0.467 e. The van der Waals surface area contributed by atoms with Crippen molar-refractivity contribution in [2.45, 2.75) is 18.9 Å². The van der Waals surface area contributed by atoms with Gasteiger partial charge in [-0.15, -0.1) is 4.98 Å². The highest BCUT2D eigenvalue weighted by Gasteiger charge is 2.29. The van der Waals surface area contributed by atoms with Gasteiger partial charge in [-0.1, -0.05) is 0 Å². The Morgan fingerprint density at radius 3 is 2.27 bits per heavy atom. The zero-order valence-corrected chi connectivity index (χ0v) is 14.0. The summed E-state index contributed by atoms with van der Waals surface area (Å²) in [5.41, 5.74) is 0. The topological polar surface area (TPSA) is 97.8 Å². The van der Waals surface area contributed by atoms with Crippen LogP contribution in [0.4, 0.5) is 5.95 Å². The van der Waals surface area contributed by atoms with Gasteiger partial charge in [0.2, 0.25) is 16.0 Å². The number of aromatic nitrogens is 3. The molecule has 1 aromatic rings. The molecule has 0 amide bonds. The van der Waals surface area contributed by atoms with E-state index < -0.39 is 10.0 Å². The number of sulfonamides is 1. The average molecular weight is 331 g/mol. The van der Waals surface area contributed by atoms with Crippen LogP contribution in [0.15, 0.2) is 0 Å². The molecule has 0 aliphatic carbocycles. The zero-order chi connectivity index (χ0) is 16.3. The van der Waals surface area contributed by atoms with Crippen LogP contribution >= 0.6 is 0 Å². The molecule has 0 spiro atoms. The first kappa shape index (κ1) is 16.7. The van der Waals surface area contributed by atoms with Crippen LogP contribution in [0.5, 0.6) is 12.0 Å². The fraction of sp³-hybridized carbons (Fsp3) is 0.750. The smallest absolute Gasteiger partial charge is 0.324 e. The maximum Gasteiger partial charge on any atom is 0.324 e. The van der Waals surface area contributed by atoms with Crippen LogP contribution in [0, 0.1) is 0 Å². The summed E-state index contributed by atoms with van der Waals surface area (Å²) in [6, 6.07) is 0.221. The van der Waals surface area contributed by atoms with Gasteiger partial charge in [0.25, 0.3) is 0 Å². The minimum atomic E-state index is -3.23. The quantitative estimate of drug-likeness (QED) is 0.728. The number of piperidine rings is 1. The van der Waals surface area contributed by atoms with Gasteiger partial charge in [0.15, 0.2) is 0 Å². The number of hydrogen-bond acceptors (Lipinski definition) is 8. The van der Waals surface area contributed by atoms with Crippen LogP contribution in [-0.4, -0.2) is 74.3 Å². The molecule has 22 heavy (non-hydrogen) atoms. The van der Waals surface area contributed by atoms with Crippen LogP contribution < -0.4 is 14.4 Å². The number of rotatable bonds is 5. The molecular weight excluding hydrogens is 310 g/mol. The van der Waals surface area contributed by atoms with Crippen LogP contribution in [-0.2, 0) is 10.0 Å². The molecule has 1 aliphatic rings. The Morgan fingerprint density at radius 2 is 1.77 bits per heavy atom. The monoisotopic (exact) mass is 331 g/mol. The molecule has 1 aromatic heterocycles. The molecule has 10 heteroatoms. The first-order valence-electron chi connectivity index (χ1n) is 6.87. The van der Waals surface area contributed by atoms with Crippen molar-refractivity contribution in [2.75, 3.05) is 45.5 Å². The van der Waals surface area contributed by atoms with Crippen LogP contribution in [0.2, 0.25) is 0 Å². The van der Waals surface area contributed by atoms with E-state index in [0.717, 1.165) is 19.4 Å². The predicted molar refractivity (Wildman–Crippen MR) is 80.8 cm³/mol. The molecular formula is C12H21N5O4S. The van der Waals surface area contributed by atoms with E-state index in [4.69, 9.17) is 9.47 Å². The molecule has 0 aromatic carbocycles. The van der Waals surface area contributed by atoms with E-state index in [2.05, 4.69) is 15.0 Å². The normalized spacial score (nSPS) is 19.3. The van der Waals surface area contributed by atoms with Crippen molar-refractivity contribution < 1.29 is 17.9 Å². The molecule has 0 bridgehead atoms. The summed E-state index contributed by atoms with van der Waals surface area (Å²) in [6.07, 6.45) is 2.86. The van der Waals surface area contributed by atoms with Crippen molar-refractivity contribution >= 4 is 16.0 Å². The fourth-order valence-electron chi connectivity index (χ4n) is 2.36. The van der Waals surface area contributed by atoms with Crippen LogP contribution in [0.25, 0.3) is 0 Å². The van der Waals surface area contributed by atoms with Crippen molar-refractivity contribution in [3.8, 4) is 12.0 Å². The van der Waals surface area contributed by atoms with Crippen molar-refractivity contribution in [3.05, 3.63) is 0 Å². The molecule has 9 nitrogen and oxygen atoms in total. The van der Waals surface area contributed by atoms with Gasteiger partial charge in [0.05, 0.1) is 20.5 Å². The van der Waals surface area contributed by atoms with Crippen LogP contribution in [0.3, 0.4) is 0 Å². The molecule has 0 N–H and O–H groups in total. The Bertz CT molecular complexity index is 602. The second-order valence-corrected chi connectivity index (χ2v) is 7.17. The van der Waals surface area contributed by atoms with Gasteiger partial charge in [0, 0.05) is 26.2 Å². The highest BCUT2D eigenvalue weighted by atomic mass is 32.2. The van der Waals surface area contributed by atoms with E-state index >= 15 is 0 Å². The molecule has 0 radical (unpaired) electrons. The third-order valence-electron chi connectivity index (χ3n) is 3.66. The third kappa shape index (κ3) is 3.74. The number of hydrogen-bond donors (Lipinski definition) is 0. The van der Waals surface area contributed by atoms with Gasteiger partial charge < -0.3 is 14.4 Å². The number of methoxy groups -OCH3 is 2. The van der Waals surface area contributed by atoms with Crippen molar-refractivity contribution in [1.82, 2.24) is 19.3 Å². The lowest BCUT2D eigenvalue weighted by atomic mass is 10.1. The molecule has 124 valence electrons. The van der Waals surface area contributed by atoms with E-state index in [0.29, 0.717) is 12.5 Å². The lowest BCUT2D eigenvalue weighted by Gasteiger charge is -2.36. The molecule has 2 heterocycles. The van der Waals surface area contributed by atoms with Gasteiger partial charge in [0.1, 0.15) is 0 Å². The Hall–Kier alpha value is -1.68. The maximum atomic E-state index is 11.7. The van der Waals surface area contributed by atoms with Crippen molar-refractivity contribution in [3.63, 3.8) is 0 Å². The van der Waals surface area contributed by atoms with E-state index in [-0.39, 0.29) is 18.1 Å². The number of anilines is 1. The standard InChI is InChI=1S/C12H21N5O4S/c1-16(22(4,18)19)9-6-5-7-17(8-9)10-13-11(20-2)15-12(14-10)21-3/h9H,5-8H2,1-4H3. The van der Waals surface area contributed by atoms with Crippen LogP contribution in [0.1, 0.15) is 12.8 Å². The Kier molecular flexibility index (Phi) is 5.01. The highest BCUT2D eigenvalue weighted by molar-refractivity contribution is 7.88. The molecule has 0 saturated carbocycles. The molecule has 1 unspecified atom stereocenters. The summed E-state index contributed by atoms with van der Waals surface area (Å²) in [6.45, 7) is 1.25. The lowest BCUT2D eigenvalue weighted by molar-refractivity contribution is 0.314. The molecule has 1 fully saturated rings. The number of ether oxygens (including phenoxy) is 2. The minimum absolute atomic E-state index is 0.113. The van der Waals surface area contributed by atoms with E-state index in [1.165, 1.54) is 24.8 Å². The van der Waals surface area contributed by atoms with Gasteiger partial charge >= 0.3 is 12.0 Å². The maximum absolute atomic E-state index is 11.7. The molecule has 1 saturated heterocycles. The molecule has 1 atom stereocenters. The van der Waals surface area contributed by atoms with E-state index in [1.54, 1.807) is 7.05 Å². The third-order valence-corrected chi connectivity index (χ3v) is 5.01. The Morgan fingerprint density at radius 1 is 1.18 bits per heavy atom. The van der Waals surface area contributed by atoms with Crippen molar-refractivity contribution in [2.24, 2.45) is 0 Å². The number of likely N-dealkylation sites (N-methyl/N-ethyl adjacent to an activating group) is 1. The largest absolute Gasteiger partial charge is 0.467 e. The summed E-state index contributed by atoms with van der Waals surface area (Å²) in [5, 5.41) is 0. The van der Waals surface area contributed by atoms with Gasteiger partial charge in [-0.05, 0) is 12.8 Å². The van der Waals surface area contributed by atoms with Gasteiger partial charge in [-0.2, -0.15) is 9.97 Å². The first-order chi connectivity index (χ1) is 10.3. The average Bonchev–Trinajstić information content (AvgIpc) is 2.52. The number of nitrogens with zero attached hydrogens (tertiary/aromatic N) is 5. The lowest BCUT2D eigenvalue weighted by Crippen LogP contribution is -2.48. The predicted octanol–water partition coefficient (Wildman–Crippen LogP) is -0.251. The van der Waals surface area contributed by atoms with Crippen molar-refractivity contribution in [1.29, 1.82) is 0 Å². The summed E-state index contributed by atoms with van der Waals surface area (Å²) in [5.74, 6) is 0.426. The molecule has 2 rings (SSSR count).